The number of halogens is 2. The fourth-order valence-electron chi connectivity index (χ4n) is 1.61. The van der Waals surface area contributed by atoms with Gasteiger partial charge in [0.15, 0.2) is 17.3 Å². The Balaban J connectivity index is 2.59. The molecule has 1 aromatic carbocycles. The highest BCUT2D eigenvalue weighted by Crippen LogP contribution is 2.21. The number of ether oxygens (including phenoxy) is 1. The molecule has 0 saturated heterocycles. The molecule has 0 unspecified atom stereocenters. The van der Waals surface area contributed by atoms with Crippen LogP contribution in [0.5, 0.6) is 0 Å². The molecule has 0 saturated carbocycles. The fraction of sp³-hybridized carbons (Fsp3) is 0.0833. The number of nitrogens with zero attached hydrogens (tertiary/aromatic N) is 3. The Hall–Kier alpha value is -2.95. The maximum Gasteiger partial charge on any atom is 0.360 e. The maximum absolute atomic E-state index is 13.8. The molecule has 0 spiro atoms. The van der Waals surface area contributed by atoms with E-state index in [0.29, 0.717) is 0 Å². The van der Waals surface area contributed by atoms with Crippen LogP contribution < -0.4 is 5.73 Å². The van der Waals surface area contributed by atoms with E-state index in [9.17, 15) is 13.6 Å². The van der Waals surface area contributed by atoms with E-state index in [1.165, 1.54) is 0 Å². The largest absolute Gasteiger partial charge is 0.464 e. The number of hydrogen-bond acceptors (Lipinski definition) is 5. The first-order valence-corrected chi connectivity index (χ1v) is 5.31. The zero-order valence-corrected chi connectivity index (χ0v) is 10.2. The lowest BCUT2D eigenvalue weighted by Gasteiger charge is -2.05. The van der Waals surface area contributed by atoms with E-state index < -0.39 is 23.3 Å². The van der Waals surface area contributed by atoms with Crippen LogP contribution in [-0.2, 0) is 4.74 Å². The van der Waals surface area contributed by atoms with Gasteiger partial charge < -0.3 is 10.5 Å². The third-order valence-electron chi connectivity index (χ3n) is 2.50. The van der Waals surface area contributed by atoms with Crippen molar-refractivity contribution >= 4 is 11.7 Å². The first-order chi connectivity index (χ1) is 9.47. The van der Waals surface area contributed by atoms with E-state index in [-0.39, 0.29) is 16.9 Å². The minimum absolute atomic E-state index is 0.0833. The lowest BCUT2D eigenvalue weighted by Crippen LogP contribution is -2.07. The standard InChI is InChI=1S/C12H8F2N4O2/c1-20-12(19)10-9(16)5-18(17-10)11-7(13)2-6(4-15)3-8(11)14/h2-3,5H,16H2,1H3. The van der Waals surface area contributed by atoms with Gasteiger partial charge in [0.1, 0.15) is 5.69 Å². The number of rotatable bonds is 2. The Morgan fingerprint density at radius 2 is 2.05 bits per heavy atom. The molecule has 20 heavy (non-hydrogen) atoms. The molecule has 6 nitrogen and oxygen atoms in total. The summed E-state index contributed by atoms with van der Waals surface area (Å²) in [6.07, 6.45) is 1.08. The van der Waals surface area contributed by atoms with Gasteiger partial charge >= 0.3 is 5.97 Å². The lowest BCUT2D eigenvalue weighted by atomic mass is 10.2. The quantitative estimate of drug-likeness (QED) is 0.838. The Labute approximate surface area is 112 Å². The minimum atomic E-state index is -1.000. The van der Waals surface area contributed by atoms with Gasteiger partial charge in [0.2, 0.25) is 0 Å². The Morgan fingerprint density at radius 1 is 1.45 bits per heavy atom. The molecule has 2 aromatic rings. The second kappa shape index (κ2) is 4.97. The van der Waals surface area contributed by atoms with Crippen molar-refractivity contribution in [1.82, 2.24) is 9.78 Å². The second-order valence-corrected chi connectivity index (χ2v) is 3.77. The highest BCUT2D eigenvalue weighted by atomic mass is 19.1. The molecular formula is C12H8F2N4O2. The van der Waals surface area contributed by atoms with Crippen LogP contribution in [0.25, 0.3) is 5.69 Å². The summed E-state index contributed by atoms with van der Waals surface area (Å²) in [6, 6.07) is 3.33. The molecule has 0 aliphatic rings. The number of nitrogens with two attached hydrogens (primary N) is 1. The number of esters is 1. The molecule has 0 aliphatic carbocycles. The van der Waals surface area contributed by atoms with Gasteiger partial charge in [-0.2, -0.15) is 10.4 Å². The highest BCUT2D eigenvalue weighted by molar-refractivity contribution is 5.92. The van der Waals surface area contributed by atoms with Gasteiger partial charge in [-0.1, -0.05) is 0 Å². The molecular weight excluding hydrogens is 270 g/mol. The topological polar surface area (TPSA) is 93.9 Å². The summed E-state index contributed by atoms with van der Waals surface area (Å²) in [5.74, 6) is -2.82. The van der Waals surface area contributed by atoms with E-state index in [0.717, 1.165) is 30.1 Å². The van der Waals surface area contributed by atoms with E-state index in [1.807, 2.05) is 0 Å². The normalized spacial score (nSPS) is 10.1. The monoisotopic (exact) mass is 278 g/mol. The van der Waals surface area contributed by atoms with Crippen LogP contribution in [0, 0.1) is 23.0 Å². The number of anilines is 1. The summed E-state index contributed by atoms with van der Waals surface area (Å²) in [7, 11) is 1.13. The van der Waals surface area contributed by atoms with Gasteiger partial charge in [0.25, 0.3) is 0 Å². The van der Waals surface area contributed by atoms with Crippen molar-refractivity contribution in [3.63, 3.8) is 0 Å². The second-order valence-electron chi connectivity index (χ2n) is 3.77. The van der Waals surface area contributed by atoms with E-state index in [2.05, 4.69) is 9.84 Å². The molecule has 2 N–H and O–H groups in total. The Morgan fingerprint density at radius 3 is 2.55 bits per heavy atom. The molecule has 1 heterocycles. The molecule has 0 fully saturated rings. The van der Waals surface area contributed by atoms with E-state index in [1.54, 1.807) is 6.07 Å². The van der Waals surface area contributed by atoms with Crippen molar-refractivity contribution in [2.75, 3.05) is 12.8 Å². The van der Waals surface area contributed by atoms with Crippen LogP contribution in [0.1, 0.15) is 16.1 Å². The van der Waals surface area contributed by atoms with Gasteiger partial charge in [-0.25, -0.2) is 18.3 Å². The van der Waals surface area contributed by atoms with Crippen LogP contribution in [0.2, 0.25) is 0 Å². The number of methoxy groups -OCH3 is 1. The van der Waals surface area contributed by atoms with E-state index in [4.69, 9.17) is 11.0 Å². The van der Waals surface area contributed by atoms with Crippen LogP contribution in [0.4, 0.5) is 14.5 Å². The van der Waals surface area contributed by atoms with Crippen LogP contribution >= 0.6 is 0 Å². The first kappa shape index (κ1) is 13.5. The van der Waals surface area contributed by atoms with Crippen molar-refractivity contribution in [1.29, 1.82) is 5.26 Å². The molecule has 0 aliphatic heterocycles. The lowest BCUT2D eigenvalue weighted by molar-refractivity contribution is 0.0594. The van der Waals surface area contributed by atoms with Crippen molar-refractivity contribution in [2.24, 2.45) is 0 Å². The summed E-state index contributed by atoms with van der Waals surface area (Å²) < 4.78 is 32.8. The third-order valence-corrected chi connectivity index (χ3v) is 2.50. The van der Waals surface area contributed by atoms with Crippen molar-refractivity contribution in [2.45, 2.75) is 0 Å². The third kappa shape index (κ3) is 2.16. The number of carbonyl (C=O) groups is 1. The van der Waals surface area contributed by atoms with Crippen LogP contribution in [0.3, 0.4) is 0 Å². The number of benzene rings is 1. The van der Waals surface area contributed by atoms with Gasteiger partial charge in [-0.15, -0.1) is 0 Å². The molecule has 0 radical (unpaired) electrons. The summed E-state index contributed by atoms with van der Waals surface area (Å²) in [6.45, 7) is 0. The fourth-order valence-corrected chi connectivity index (χ4v) is 1.61. The predicted octanol–water partition coefficient (Wildman–Crippen LogP) is 1.39. The number of carbonyl (C=O) groups excluding carboxylic acids is 1. The van der Waals surface area contributed by atoms with Gasteiger partial charge in [0, 0.05) is 0 Å². The average Bonchev–Trinajstić information content (AvgIpc) is 2.78. The van der Waals surface area contributed by atoms with E-state index >= 15 is 0 Å². The summed E-state index contributed by atoms with van der Waals surface area (Å²) in [5.41, 5.74) is 4.49. The van der Waals surface area contributed by atoms with Crippen molar-refractivity contribution < 1.29 is 18.3 Å². The summed E-state index contributed by atoms with van der Waals surface area (Å²) in [4.78, 5) is 11.3. The molecule has 2 rings (SSSR count). The Kier molecular flexibility index (Phi) is 3.35. The SMILES string of the molecule is COC(=O)c1nn(-c2c(F)cc(C#N)cc2F)cc1N. The molecule has 0 bridgehead atoms. The zero-order valence-electron chi connectivity index (χ0n) is 10.2. The maximum atomic E-state index is 13.8. The molecule has 0 atom stereocenters. The van der Waals surface area contributed by atoms with Crippen molar-refractivity contribution in [3.8, 4) is 11.8 Å². The predicted molar refractivity (Wildman–Crippen MR) is 63.9 cm³/mol. The molecule has 1 aromatic heterocycles. The highest BCUT2D eigenvalue weighted by Gasteiger charge is 2.20. The number of hydrogen-bond donors (Lipinski definition) is 1. The number of nitriles is 1. The zero-order chi connectivity index (χ0) is 14.9. The van der Waals surface area contributed by atoms with Gasteiger partial charge in [0.05, 0.1) is 30.6 Å². The number of nitrogen functional groups attached to an aromatic ring is 1. The smallest absolute Gasteiger partial charge is 0.360 e. The van der Waals surface area contributed by atoms with Crippen LogP contribution in [0.15, 0.2) is 18.3 Å². The van der Waals surface area contributed by atoms with Gasteiger partial charge in [-0.3, -0.25) is 0 Å². The average molecular weight is 278 g/mol. The summed E-state index contributed by atoms with van der Waals surface area (Å²) >= 11 is 0. The Bertz CT molecular complexity index is 711. The van der Waals surface area contributed by atoms with Gasteiger partial charge in [-0.05, 0) is 12.1 Å². The molecule has 0 amide bonds. The van der Waals surface area contributed by atoms with Crippen molar-refractivity contribution in [3.05, 3.63) is 41.2 Å². The molecule has 8 heteroatoms. The first-order valence-electron chi connectivity index (χ1n) is 5.31. The minimum Gasteiger partial charge on any atom is -0.464 e. The number of aromatic nitrogens is 2. The summed E-state index contributed by atoms with van der Waals surface area (Å²) in [5, 5.41) is 12.3. The van der Waals surface area contributed by atoms with Crippen LogP contribution in [-0.4, -0.2) is 22.9 Å². The molecule has 102 valence electrons.